The van der Waals surface area contributed by atoms with Crippen molar-refractivity contribution < 1.29 is 8.42 Å². The standard InChI is InChI=1S/C13H16ClN3O2S2/c1-8(11-4-6-13(14)20-11)17-9-3-5-12(10(15)7-9)21(18,19)16-2/h3-8,16-17H,15H2,1-2H3. The molecule has 2 rings (SSSR count). The Labute approximate surface area is 133 Å². The lowest BCUT2D eigenvalue weighted by Crippen LogP contribution is -2.20. The zero-order valence-electron chi connectivity index (χ0n) is 11.6. The normalized spacial score (nSPS) is 13.1. The van der Waals surface area contributed by atoms with Crippen molar-refractivity contribution >= 4 is 44.3 Å². The summed E-state index contributed by atoms with van der Waals surface area (Å²) >= 11 is 7.41. The van der Waals surface area contributed by atoms with E-state index in [4.69, 9.17) is 17.3 Å². The van der Waals surface area contributed by atoms with E-state index in [0.29, 0.717) is 0 Å². The van der Waals surface area contributed by atoms with Gasteiger partial charge in [0.15, 0.2) is 0 Å². The third-order valence-corrected chi connectivity index (χ3v) is 5.87. The highest BCUT2D eigenvalue weighted by molar-refractivity contribution is 7.89. The average molecular weight is 346 g/mol. The monoisotopic (exact) mass is 345 g/mol. The van der Waals surface area contributed by atoms with Gasteiger partial charge in [0.1, 0.15) is 4.90 Å². The minimum Gasteiger partial charge on any atom is -0.398 e. The number of anilines is 2. The second-order valence-corrected chi connectivity index (χ2v) is 8.07. The third-order valence-electron chi connectivity index (χ3n) is 2.97. The molecule has 2 aromatic rings. The van der Waals surface area contributed by atoms with Gasteiger partial charge in [0.05, 0.1) is 16.1 Å². The number of hydrogen-bond donors (Lipinski definition) is 3. The van der Waals surface area contributed by atoms with Gasteiger partial charge in [0.25, 0.3) is 0 Å². The van der Waals surface area contributed by atoms with E-state index in [1.54, 1.807) is 12.1 Å². The highest BCUT2D eigenvalue weighted by Gasteiger charge is 2.16. The Hall–Kier alpha value is -1.28. The van der Waals surface area contributed by atoms with E-state index in [1.807, 2.05) is 19.1 Å². The van der Waals surface area contributed by atoms with Gasteiger partial charge < -0.3 is 11.1 Å². The van der Waals surface area contributed by atoms with Crippen LogP contribution in [-0.2, 0) is 10.0 Å². The Kier molecular flexibility index (Phi) is 4.77. The number of benzene rings is 1. The first-order valence-corrected chi connectivity index (χ1v) is 8.86. The fourth-order valence-electron chi connectivity index (χ4n) is 1.88. The largest absolute Gasteiger partial charge is 0.398 e. The summed E-state index contributed by atoms with van der Waals surface area (Å²) in [6, 6.07) is 8.62. The predicted octanol–water partition coefficient (Wildman–Crippen LogP) is 3.06. The molecule has 0 aliphatic rings. The number of nitrogens with one attached hydrogen (secondary N) is 2. The Bertz CT molecular complexity index is 744. The van der Waals surface area contributed by atoms with E-state index in [-0.39, 0.29) is 16.6 Å². The van der Waals surface area contributed by atoms with Crippen LogP contribution < -0.4 is 15.8 Å². The van der Waals surface area contributed by atoms with Crippen LogP contribution in [0.15, 0.2) is 35.2 Å². The van der Waals surface area contributed by atoms with E-state index in [9.17, 15) is 8.42 Å². The van der Waals surface area contributed by atoms with Crippen LogP contribution in [0.4, 0.5) is 11.4 Å². The predicted molar refractivity (Wildman–Crippen MR) is 88.5 cm³/mol. The van der Waals surface area contributed by atoms with Crippen LogP contribution in [-0.4, -0.2) is 15.5 Å². The Morgan fingerprint density at radius 3 is 2.52 bits per heavy atom. The van der Waals surface area contributed by atoms with Crippen molar-refractivity contribution in [2.24, 2.45) is 0 Å². The molecule has 0 aliphatic carbocycles. The van der Waals surface area contributed by atoms with Gasteiger partial charge in [0.2, 0.25) is 10.0 Å². The maximum atomic E-state index is 11.8. The lowest BCUT2D eigenvalue weighted by molar-refractivity contribution is 0.588. The van der Waals surface area contributed by atoms with Crippen molar-refractivity contribution in [1.29, 1.82) is 0 Å². The molecule has 21 heavy (non-hydrogen) atoms. The molecule has 5 nitrogen and oxygen atoms in total. The van der Waals surface area contributed by atoms with Crippen LogP contribution >= 0.6 is 22.9 Å². The average Bonchev–Trinajstić information content (AvgIpc) is 2.85. The molecule has 0 saturated heterocycles. The molecule has 0 aliphatic heterocycles. The summed E-state index contributed by atoms with van der Waals surface area (Å²) < 4.78 is 26.5. The molecule has 0 amide bonds. The SMILES string of the molecule is CNS(=O)(=O)c1ccc(NC(C)c2ccc(Cl)s2)cc1N. The van der Waals surface area contributed by atoms with Crippen molar-refractivity contribution in [2.75, 3.05) is 18.1 Å². The second kappa shape index (κ2) is 6.23. The zero-order valence-corrected chi connectivity index (χ0v) is 13.9. The maximum absolute atomic E-state index is 11.8. The lowest BCUT2D eigenvalue weighted by Gasteiger charge is -2.15. The molecule has 1 aromatic carbocycles. The first-order chi connectivity index (χ1) is 9.83. The van der Waals surface area contributed by atoms with Gasteiger partial charge in [-0.05, 0) is 44.3 Å². The number of sulfonamides is 1. The molecule has 0 saturated carbocycles. The minimum atomic E-state index is -3.54. The molecule has 114 valence electrons. The highest BCUT2D eigenvalue weighted by Crippen LogP contribution is 2.30. The second-order valence-electron chi connectivity index (χ2n) is 4.47. The highest BCUT2D eigenvalue weighted by atomic mass is 35.5. The van der Waals surface area contributed by atoms with E-state index in [0.717, 1.165) is 14.9 Å². The summed E-state index contributed by atoms with van der Waals surface area (Å²) in [5, 5.41) is 3.27. The third kappa shape index (κ3) is 3.68. The fourth-order valence-corrected chi connectivity index (χ4v) is 3.77. The summed E-state index contributed by atoms with van der Waals surface area (Å²) in [4.78, 5) is 1.16. The van der Waals surface area contributed by atoms with Gasteiger partial charge in [-0.15, -0.1) is 11.3 Å². The quantitative estimate of drug-likeness (QED) is 0.727. The van der Waals surface area contributed by atoms with Crippen molar-refractivity contribution in [3.8, 4) is 0 Å². The molecule has 1 atom stereocenters. The van der Waals surface area contributed by atoms with Gasteiger partial charge in [-0.2, -0.15) is 0 Å². The van der Waals surface area contributed by atoms with Crippen LogP contribution in [0.5, 0.6) is 0 Å². The summed E-state index contributed by atoms with van der Waals surface area (Å²) in [6.07, 6.45) is 0. The van der Waals surface area contributed by atoms with Gasteiger partial charge in [0, 0.05) is 10.6 Å². The van der Waals surface area contributed by atoms with Crippen LogP contribution in [0.1, 0.15) is 17.8 Å². The molecular formula is C13H16ClN3O2S2. The number of halogens is 1. The Morgan fingerprint density at radius 1 is 1.29 bits per heavy atom. The minimum absolute atomic E-state index is 0.0497. The van der Waals surface area contributed by atoms with E-state index < -0.39 is 10.0 Å². The summed E-state index contributed by atoms with van der Waals surface area (Å²) in [5.74, 6) is 0. The van der Waals surface area contributed by atoms with Gasteiger partial charge in [-0.1, -0.05) is 11.6 Å². The molecule has 0 spiro atoms. The summed E-state index contributed by atoms with van der Waals surface area (Å²) in [6.45, 7) is 2.00. The fraction of sp³-hybridized carbons (Fsp3) is 0.231. The Morgan fingerprint density at radius 2 is 2.00 bits per heavy atom. The number of nitrogen functional groups attached to an aromatic ring is 1. The van der Waals surface area contributed by atoms with Gasteiger partial charge in [-0.25, -0.2) is 13.1 Å². The molecule has 1 heterocycles. The number of thiophene rings is 1. The van der Waals surface area contributed by atoms with Crippen molar-refractivity contribution in [3.05, 3.63) is 39.5 Å². The van der Waals surface area contributed by atoms with Crippen LogP contribution in [0.3, 0.4) is 0 Å². The number of rotatable bonds is 5. The Balaban J connectivity index is 2.21. The van der Waals surface area contributed by atoms with Gasteiger partial charge in [-0.3, -0.25) is 0 Å². The first kappa shape index (κ1) is 16.1. The van der Waals surface area contributed by atoms with Crippen molar-refractivity contribution in [2.45, 2.75) is 17.9 Å². The van der Waals surface area contributed by atoms with Crippen LogP contribution in [0, 0.1) is 0 Å². The van der Waals surface area contributed by atoms with E-state index >= 15 is 0 Å². The van der Waals surface area contributed by atoms with E-state index in [2.05, 4.69) is 10.0 Å². The van der Waals surface area contributed by atoms with Crippen molar-refractivity contribution in [3.63, 3.8) is 0 Å². The molecule has 0 radical (unpaired) electrons. The molecule has 1 aromatic heterocycles. The summed E-state index contributed by atoms with van der Waals surface area (Å²) in [5.41, 5.74) is 6.77. The molecule has 1 unspecified atom stereocenters. The molecular weight excluding hydrogens is 330 g/mol. The zero-order chi connectivity index (χ0) is 15.6. The number of nitrogens with two attached hydrogens (primary N) is 1. The molecule has 0 bridgehead atoms. The smallest absolute Gasteiger partial charge is 0.242 e. The molecule has 4 N–H and O–H groups in total. The lowest BCUT2D eigenvalue weighted by atomic mass is 10.2. The van der Waals surface area contributed by atoms with Crippen LogP contribution in [0.2, 0.25) is 4.34 Å². The molecule has 8 heteroatoms. The first-order valence-electron chi connectivity index (χ1n) is 6.18. The van der Waals surface area contributed by atoms with Crippen LogP contribution in [0.25, 0.3) is 0 Å². The summed E-state index contributed by atoms with van der Waals surface area (Å²) in [7, 11) is -2.19. The van der Waals surface area contributed by atoms with E-state index in [1.165, 1.54) is 24.5 Å². The topological polar surface area (TPSA) is 84.2 Å². The van der Waals surface area contributed by atoms with Crippen molar-refractivity contribution in [1.82, 2.24) is 4.72 Å². The number of hydrogen-bond acceptors (Lipinski definition) is 5. The molecule has 0 fully saturated rings. The van der Waals surface area contributed by atoms with Gasteiger partial charge >= 0.3 is 0 Å². The maximum Gasteiger partial charge on any atom is 0.242 e.